The normalized spacial score (nSPS) is 57.9. The Labute approximate surface area is 209 Å². The molecule has 196 valence electrons. The molecule has 1 spiro atoms. The van der Waals surface area contributed by atoms with Crippen LogP contribution in [0.15, 0.2) is 23.0 Å². The van der Waals surface area contributed by atoms with Crippen molar-refractivity contribution in [3.8, 4) is 0 Å². The standard InChI is InChI=1S/C27H34O9/c1-22-12-25(31)19-18(20(22)30)36-26-10-17(29)35-21(13-6-8-34-11-13)23(26,2)7-5-14(27(19,26)32)24(25,3)15(22)9-16(28)33-4/h6,8,11,14-15,18-21,30-32H,5,7,9-10,12H2,1-4H3/t14?,15-,18+,19-,20+,21-,22+,23-,24+,25-,26+,27-/m0/s1. The highest BCUT2D eigenvalue weighted by Crippen LogP contribution is 2.85. The van der Waals surface area contributed by atoms with Crippen molar-refractivity contribution in [3.05, 3.63) is 24.2 Å². The Morgan fingerprint density at radius 3 is 2.67 bits per heavy atom. The first-order chi connectivity index (χ1) is 16.8. The average Bonchev–Trinajstić information content (AvgIpc) is 3.50. The van der Waals surface area contributed by atoms with Crippen LogP contribution in [0.4, 0.5) is 0 Å². The van der Waals surface area contributed by atoms with Crippen LogP contribution in [0.25, 0.3) is 0 Å². The molecule has 2 aliphatic heterocycles. The number of ether oxygens (including phenoxy) is 3. The molecule has 9 heteroatoms. The predicted molar refractivity (Wildman–Crippen MR) is 121 cm³/mol. The highest BCUT2D eigenvalue weighted by molar-refractivity contribution is 5.74. The number of aliphatic hydroxyl groups excluding tert-OH is 1. The second-order valence-electron chi connectivity index (χ2n) is 13.0. The molecule has 1 unspecified atom stereocenters. The van der Waals surface area contributed by atoms with Crippen LogP contribution >= 0.6 is 0 Å². The van der Waals surface area contributed by atoms with E-state index in [1.807, 2.05) is 20.8 Å². The lowest BCUT2D eigenvalue weighted by Crippen LogP contribution is -2.72. The molecule has 4 aliphatic carbocycles. The molecule has 2 saturated heterocycles. The third-order valence-corrected chi connectivity index (χ3v) is 12.2. The third-order valence-electron chi connectivity index (χ3n) is 12.2. The van der Waals surface area contributed by atoms with E-state index < -0.39 is 81.1 Å². The summed E-state index contributed by atoms with van der Waals surface area (Å²) in [6, 6.07) is 1.76. The van der Waals surface area contributed by atoms with E-state index in [1.165, 1.54) is 13.4 Å². The number of carbonyl (C=O) groups excluding carboxylic acids is 2. The van der Waals surface area contributed by atoms with Gasteiger partial charge in [0, 0.05) is 34.1 Å². The van der Waals surface area contributed by atoms with Crippen LogP contribution in [-0.4, -0.2) is 63.4 Å². The summed E-state index contributed by atoms with van der Waals surface area (Å²) in [6.07, 6.45) is 1.64. The molecule has 6 fully saturated rings. The van der Waals surface area contributed by atoms with Gasteiger partial charge in [0.15, 0.2) is 0 Å². The Morgan fingerprint density at radius 2 is 2.00 bits per heavy atom. The van der Waals surface area contributed by atoms with Crippen molar-refractivity contribution in [2.24, 2.45) is 34.0 Å². The number of esters is 2. The molecule has 4 saturated carbocycles. The Bertz CT molecular complexity index is 1170. The van der Waals surface area contributed by atoms with Crippen molar-refractivity contribution in [2.45, 2.75) is 88.0 Å². The summed E-state index contributed by atoms with van der Waals surface area (Å²) in [6.45, 7) is 5.85. The second-order valence-corrected chi connectivity index (χ2v) is 13.0. The highest BCUT2D eigenvalue weighted by Gasteiger charge is 2.94. The summed E-state index contributed by atoms with van der Waals surface area (Å²) in [5, 5.41) is 37.4. The molecule has 0 radical (unpaired) electrons. The summed E-state index contributed by atoms with van der Waals surface area (Å²) < 4.78 is 23.1. The maximum Gasteiger partial charge on any atom is 0.309 e. The first-order valence-electron chi connectivity index (χ1n) is 12.9. The van der Waals surface area contributed by atoms with E-state index in [9.17, 15) is 24.9 Å². The number of carbonyl (C=O) groups is 2. The lowest BCUT2D eigenvalue weighted by Gasteiger charge is -2.63. The van der Waals surface area contributed by atoms with Gasteiger partial charge in [0.2, 0.25) is 0 Å². The molecule has 3 N–H and O–H groups in total. The van der Waals surface area contributed by atoms with E-state index in [0.29, 0.717) is 18.4 Å². The lowest BCUT2D eigenvalue weighted by atomic mass is 9.45. The quantitative estimate of drug-likeness (QED) is 0.529. The molecule has 9 nitrogen and oxygen atoms in total. The zero-order chi connectivity index (χ0) is 25.7. The molecule has 36 heavy (non-hydrogen) atoms. The minimum Gasteiger partial charge on any atom is -0.472 e. The van der Waals surface area contributed by atoms with Gasteiger partial charge >= 0.3 is 11.9 Å². The van der Waals surface area contributed by atoms with Crippen LogP contribution in [0.3, 0.4) is 0 Å². The number of furan rings is 1. The number of hydrogen-bond acceptors (Lipinski definition) is 9. The first kappa shape index (κ1) is 23.2. The van der Waals surface area contributed by atoms with Crippen molar-refractivity contribution in [1.82, 2.24) is 0 Å². The van der Waals surface area contributed by atoms with E-state index in [2.05, 4.69) is 0 Å². The molecular formula is C27H34O9. The van der Waals surface area contributed by atoms with Gasteiger partial charge in [0.05, 0.1) is 43.9 Å². The Kier molecular flexibility index (Phi) is 4.10. The first-order valence-corrected chi connectivity index (χ1v) is 12.9. The number of rotatable bonds is 3. The smallest absolute Gasteiger partial charge is 0.309 e. The van der Waals surface area contributed by atoms with E-state index in [-0.39, 0.29) is 19.3 Å². The maximum absolute atomic E-state index is 13.2. The largest absolute Gasteiger partial charge is 0.472 e. The van der Waals surface area contributed by atoms with Crippen molar-refractivity contribution in [1.29, 1.82) is 0 Å². The molecule has 1 aromatic rings. The van der Waals surface area contributed by atoms with Gasteiger partial charge in [-0.05, 0) is 37.2 Å². The van der Waals surface area contributed by atoms with Gasteiger partial charge in [-0.2, -0.15) is 0 Å². The number of methoxy groups -OCH3 is 1. The van der Waals surface area contributed by atoms with E-state index in [0.717, 1.165) is 0 Å². The fourth-order valence-electron chi connectivity index (χ4n) is 10.8. The van der Waals surface area contributed by atoms with Crippen molar-refractivity contribution >= 4 is 11.9 Å². The van der Waals surface area contributed by atoms with Gasteiger partial charge in [-0.1, -0.05) is 20.8 Å². The number of cyclic esters (lactones) is 1. The molecule has 0 amide bonds. The second kappa shape index (κ2) is 6.37. The van der Waals surface area contributed by atoms with E-state index >= 15 is 0 Å². The van der Waals surface area contributed by atoms with Crippen LogP contribution in [0, 0.1) is 34.0 Å². The minimum absolute atomic E-state index is 0.0266. The SMILES string of the molecule is COC(=O)C[C@H]1[C@@]2(C)C[C@]3(O)[C@@H]4[C@@H](O[C@]56CC(=O)O[C@@H](c7ccoc7)[C@]5(C)CCC([C@]13C)[C@]46O)[C@H]2O. The maximum atomic E-state index is 13.2. The molecule has 3 heterocycles. The molecule has 0 aromatic carbocycles. The molecule has 1 aromatic heterocycles. The summed E-state index contributed by atoms with van der Waals surface area (Å²) in [7, 11) is 1.34. The third kappa shape index (κ3) is 2.01. The molecule has 7 rings (SSSR count). The average molecular weight is 503 g/mol. The zero-order valence-corrected chi connectivity index (χ0v) is 21.0. The van der Waals surface area contributed by atoms with Crippen LogP contribution in [0.1, 0.15) is 64.5 Å². The molecule has 12 atom stereocenters. The lowest BCUT2D eigenvalue weighted by molar-refractivity contribution is -0.298. The summed E-state index contributed by atoms with van der Waals surface area (Å²) in [5.41, 5.74) is -6.24. The van der Waals surface area contributed by atoms with E-state index in [1.54, 1.807) is 12.3 Å². The van der Waals surface area contributed by atoms with Crippen LogP contribution in [0.2, 0.25) is 0 Å². The van der Waals surface area contributed by atoms with Gasteiger partial charge in [0.1, 0.15) is 17.3 Å². The minimum atomic E-state index is -1.60. The van der Waals surface area contributed by atoms with Gasteiger partial charge in [-0.25, -0.2) is 0 Å². The van der Waals surface area contributed by atoms with Crippen molar-refractivity contribution in [3.63, 3.8) is 0 Å². The summed E-state index contributed by atoms with van der Waals surface area (Å²) in [5.74, 6) is -2.59. The Morgan fingerprint density at radius 1 is 1.25 bits per heavy atom. The molecular weight excluding hydrogens is 468 g/mol. The summed E-state index contributed by atoms with van der Waals surface area (Å²) in [4.78, 5) is 25.8. The number of fused-ring (bicyclic) bond motifs is 2. The van der Waals surface area contributed by atoms with Gasteiger partial charge < -0.3 is 33.9 Å². The Hall–Kier alpha value is -1.94. The van der Waals surface area contributed by atoms with Crippen molar-refractivity contribution in [2.75, 3.05) is 7.11 Å². The van der Waals surface area contributed by atoms with E-state index in [4.69, 9.17) is 18.6 Å². The topological polar surface area (TPSA) is 136 Å². The van der Waals surface area contributed by atoms with Crippen LogP contribution < -0.4 is 0 Å². The van der Waals surface area contributed by atoms with Crippen LogP contribution in [-0.2, 0) is 23.8 Å². The van der Waals surface area contributed by atoms with Crippen LogP contribution in [0.5, 0.6) is 0 Å². The molecule has 2 bridgehead atoms. The van der Waals surface area contributed by atoms with Gasteiger partial charge in [0.25, 0.3) is 0 Å². The Balaban J connectivity index is 1.47. The van der Waals surface area contributed by atoms with Crippen molar-refractivity contribution < 1.29 is 43.5 Å². The summed E-state index contributed by atoms with van der Waals surface area (Å²) >= 11 is 0. The highest BCUT2D eigenvalue weighted by atomic mass is 16.6. The molecule has 6 aliphatic rings. The zero-order valence-electron chi connectivity index (χ0n) is 21.0. The van der Waals surface area contributed by atoms with Gasteiger partial charge in [-0.3, -0.25) is 9.59 Å². The number of aliphatic hydroxyl groups is 3. The number of hydrogen-bond donors (Lipinski definition) is 3. The predicted octanol–water partition coefficient (Wildman–Crippen LogP) is 1.88. The fraction of sp³-hybridized carbons (Fsp3) is 0.778. The van der Waals surface area contributed by atoms with Gasteiger partial charge in [-0.15, -0.1) is 0 Å². The fourth-order valence-corrected chi connectivity index (χ4v) is 10.8. The monoisotopic (exact) mass is 502 g/mol.